The maximum absolute atomic E-state index is 13.1. The number of rotatable bonds is 11. The van der Waals surface area contributed by atoms with Crippen LogP contribution in [0.4, 0.5) is 15.3 Å². The predicted octanol–water partition coefficient (Wildman–Crippen LogP) is 4.84. The number of carbonyl (C=O) groups is 2. The lowest BCUT2D eigenvalue weighted by atomic mass is 9.97. The summed E-state index contributed by atoms with van der Waals surface area (Å²) in [6.45, 7) is 4.02. The van der Waals surface area contributed by atoms with Crippen molar-refractivity contribution >= 4 is 34.2 Å². The zero-order valence-electron chi connectivity index (χ0n) is 23.7. The molecule has 5 rings (SSSR count). The van der Waals surface area contributed by atoms with E-state index < -0.39 is 18.7 Å². The van der Waals surface area contributed by atoms with Gasteiger partial charge in [-0.3, -0.25) is 19.8 Å². The van der Waals surface area contributed by atoms with Crippen molar-refractivity contribution in [3.8, 4) is 22.8 Å². The molecule has 0 radical (unpaired) electrons. The summed E-state index contributed by atoms with van der Waals surface area (Å²) in [6.07, 6.45) is 7.39. The highest BCUT2D eigenvalue weighted by Gasteiger charge is 2.27. The summed E-state index contributed by atoms with van der Waals surface area (Å²) in [7, 11) is 1.50. The predicted molar refractivity (Wildman–Crippen MR) is 157 cm³/mol. The van der Waals surface area contributed by atoms with Gasteiger partial charge in [-0.1, -0.05) is 18.3 Å². The lowest BCUT2D eigenvalue weighted by Gasteiger charge is -2.30. The first-order chi connectivity index (χ1) is 20.4. The van der Waals surface area contributed by atoms with Crippen LogP contribution in [0, 0.1) is 5.92 Å². The number of likely N-dealkylation sites (tertiary alicyclic amines) is 1. The van der Waals surface area contributed by atoms with Crippen molar-refractivity contribution in [1.82, 2.24) is 19.9 Å². The Labute approximate surface area is 247 Å². The standard InChI is InChI=1S/C29H35FN6O5S/c1-3-20-5-4-10-36(20)16-24-26(19-6-7-22(40-2)23(13-19)41-17-30)33-29(42-24)34-27(37)21-14-32-25(15-31-21)35-11-8-18(9-12-35)28(38)39/h6-7,13-15,18,20H,3-5,8-12,16-17H2,1-2H3,(H,38,39)(H,33,34,37)/t20-/m1/s1. The number of methoxy groups -OCH3 is 1. The number of piperidine rings is 1. The van der Waals surface area contributed by atoms with Crippen LogP contribution in [0.2, 0.25) is 0 Å². The van der Waals surface area contributed by atoms with Crippen LogP contribution in [0.3, 0.4) is 0 Å². The van der Waals surface area contributed by atoms with Crippen molar-refractivity contribution in [3.05, 3.63) is 41.2 Å². The maximum atomic E-state index is 13.1. The molecule has 0 unspecified atom stereocenters. The highest BCUT2D eigenvalue weighted by Crippen LogP contribution is 2.38. The van der Waals surface area contributed by atoms with Crippen molar-refractivity contribution in [2.75, 3.05) is 43.8 Å². The van der Waals surface area contributed by atoms with E-state index in [0.717, 1.165) is 36.2 Å². The van der Waals surface area contributed by atoms with E-state index in [1.54, 1.807) is 12.1 Å². The highest BCUT2D eigenvalue weighted by atomic mass is 32.1. The summed E-state index contributed by atoms with van der Waals surface area (Å²) in [5, 5.41) is 12.5. The van der Waals surface area contributed by atoms with Gasteiger partial charge in [-0.25, -0.2) is 19.3 Å². The summed E-state index contributed by atoms with van der Waals surface area (Å²) >= 11 is 1.40. The minimum Gasteiger partial charge on any atom is -0.493 e. The Balaban J connectivity index is 1.35. The SMILES string of the molecule is CC[C@@H]1CCCN1Cc1sc(NC(=O)c2cnc(N3CCC(C(=O)O)CC3)cn2)nc1-c1ccc(OC)c(OCF)c1. The first kappa shape index (κ1) is 29.6. The molecule has 2 saturated heterocycles. The normalized spacial score (nSPS) is 17.8. The van der Waals surface area contributed by atoms with Crippen LogP contribution in [-0.2, 0) is 11.3 Å². The second kappa shape index (κ2) is 13.4. The largest absolute Gasteiger partial charge is 0.493 e. The van der Waals surface area contributed by atoms with Gasteiger partial charge >= 0.3 is 5.97 Å². The molecule has 0 bridgehead atoms. The first-order valence-corrected chi connectivity index (χ1v) is 14.9. The Kier molecular flexibility index (Phi) is 9.48. The van der Waals surface area contributed by atoms with Gasteiger partial charge in [0, 0.05) is 36.1 Å². The molecule has 224 valence electrons. The second-order valence-corrected chi connectivity index (χ2v) is 11.5. The van der Waals surface area contributed by atoms with Crippen molar-refractivity contribution in [2.45, 2.75) is 51.6 Å². The Hall–Kier alpha value is -3.84. The molecular formula is C29H35FN6O5S. The number of carboxylic acid groups (broad SMARTS) is 1. The number of nitrogens with one attached hydrogen (secondary N) is 1. The van der Waals surface area contributed by atoms with Gasteiger partial charge in [0.05, 0.1) is 31.1 Å². The van der Waals surface area contributed by atoms with Gasteiger partial charge in [-0.15, -0.1) is 0 Å². The van der Waals surface area contributed by atoms with Crippen molar-refractivity contribution in [2.24, 2.45) is 5.92 Å². The van der Waals surface area contributed by atoms with E-state index in [1.165, 1.54) is 30.8 Å². The van der Waals surface area contributed by atoms with Crippen molar-refractivity contribution in [1.29, 1.82) is 0 Å². The number of carboxylic acids is 1. The number of hydrogen-bond donors (Lipinski definition) is 2. The molecule has 0 aliphatic carbocycles. The van der Waals surface area contributed by atoms with E-state index in [9.17, 15) is 19.1 Å². The molecule has 13 heteroatoms. The number of carbonyl (C=O) groups excluding carboxylic acids is 1. The van der Waals surface area contributed by atoms with E-state index in [-0.39, 0.29) is 17.4 Å². The fourth-order valence-corrected chi connectivity index (χ4v) is 6.61. The van der Waals surface area contributed by atoms with Crippen molar-refractivity contribution < 1.29 is 28.6 Å². The Morgan fingerprint density at radius 2 is 1.95 bits per heavy atom. The van der Waals surface area contributed by atoms with Gasteiger partial charge in [0.15, 0.2) is 16.6 Å². The van der Waals surface area contributed by atoms with E-state index in [0.29, 0.717) is 60.9 Å². The number of thiazole rings is 1. The first-order valence-electron chi connectivity index (χ1n) is 14.1. The molecule has 1 aromatic carbocycles. The third-order valence-electron chi connectivity index (χ3n) is 7.92. The van der Waals surface area contributed by atoms with Gasteiger partial charge in [0.2, 0.25) is 6.86 Å². The molecule has 2 fully saturated rings. The van der Waals surface area contributed by atoms with Gasteiger partial charge in [-0.05, 0) is 56.8 Å². The Morgan fingerprint density at radius 1 is 1.14 bits per heavy atom. The van der Waals surface area contributed by atoms with Crippen LogP contribution >= 0.6 is 11.3 Å². The van der Waals surface area contributed by atoms with Crippen LogP contribution in [0.15, 0.2) is 30.6 Å². The number of aliphatic carboxylic acids is 1. The van der Waals surface area contributed by atoms with Gasteiger partial charge in [-0.2, -0.15) is 0 Å². The number of benzene rings is 1. The number of amides is 1. The maximum Gasteiger partial charge on any atom is 0.306 e. The van der Waals surface area contributed by atoms with Crippen molar-refractivity contribution in [3.63, 3.8) is 0 Å². The van der Waals surface area contributed by atoms with E-state index in [1.807, 2.05) is 11.0 Å². The molecule has 0 saturated carbocycles. The summed E-state index contributed by atoms with van der Waals surface area (Å²) < 4.78 is 23.5. The molecule has 1 amide bonds. The van der Waals surface area contributed by atoms with Gasteiger partial charge < -0.3 is 19.5 Å². The Bertz CT molecular complexity index is 1400. The van der Waals surface area contributed by atoms with Gasteiger partial charge in [0.25, 0.3) is 5.91 Å². The molecule has 3 aromatic rings. The zero-order chi connectivity index (χ0) is 29.6. The summed E-state index contributed by atoms with van der Waals surface area (Å²) in [5.74, 6) is -0.248. The molecular weight excluding hydrogens is 563 g/mol. The fraction of sp³-hybridized carbons (Fsp3) is 0.483. The quantitative estimate of drug-likeness (QED) is 0.316. The molecule has 42 heavy (non-hydrogen) atoms. The Morgan fingerprint density at radius 3 is 2.62 bits per heavy atom. The van der Waals surface area contributed by atoms with Crippen LogP contribution in [0.5, 0.6) is 11.5 Å². The van der Waals surface area contributed by atoms with Crippen LogP contribution in [0.25, 0.3) is 11.3 Å². The smallest absolute Gasteiger partial charge is 0.306 e. The third-order valence-corrected chi connectivity index (χ3v) is 8.88. The van der Waals surface area contributed by atoms with E-state index in [4.69, 9.17) is 14.5 Å². The lowest BCUT2D eigenvalue weighted by Crippen LogP contribution is -2.36. The van der Waals surface area contributed by atoms with Gasteiger partial charge in [0.1, 0.15) is 11.5 Å². The summed E-state index contributed by atoms with van der Waals surface area (Å²) in [6, 6.07) is 5.75. The monoisotopic (exact) mass is 598 g/mol. The van der Waals surface area contributed by atoms with Crippen LogP contribution in [0.1, 0.15) is 54.4 Å². The van der Waals surface area contributed by atoms with E-state index >= 15 is 0 Å². The molecule has 2 aliphatic rings. The molecule has 2 N–H and O–H groups in total. The van der Waals surface area contributed by atoms with Crippen LogP contribution in [-0.4, -0.2) is 76.5 Å². The molecule has 11 nitrogen and oxygen atoms in total. The minimum absolute atomic E-state index is 0.145. The second-order valence-electron chi connectivity index (χ2n) is 10.4. The fourth-order valence-electron chi connectivity index (χ4n) is 5.60. The summed E-state index contributed by atoms with van der Waals surface area (Å²) in [5.41, 5.74) is 1.56. The summed E-state index contributed by atoms with van der Waals surface area (Å²) in [4.78, 5) is 43.3. The molecule has 4 heterocycles. The average molecular weight is 599 g/mol. The number of nitrogens with zero attached hydrogens (tertiary/aromatic N) is 5. The molecule has 0 spiro atoms. The lowest BCUT2D eigenvalue weighted by molar-refractivity contribution is -0.142. The zero-order valence-corrected chi connectivity index (χ0v) is 24.5. The number of alkyl halides is 1. The minimum atomic E-state index is -0.989. The molecule has 2 aromatic heterocycles. The number of aromatic nitrogens is 3. The number of anilines is 2. The number of ether oxygens (including phenoxy) is 2. The average Bonchev–Trinajstić information content (AvgIpc) is 3.63. The number of hydrogen-bond acceptors (Lipinski definition) is 10. The number of halogens is 1. The third kappa shape index (κ3) is 6.62. The molecule has 2 aliphatic heterocycles. The topological polar surface area (TPSA) is 130 Å². The molecule has 1 atom stereocenters. The van der Waals surface area contributed by atoms with Crippen LogP contribution < -0.4 is 19.7 Å². The highest BCUT2D eigenvalue weighted by molar-refractivity contribution is 7.16. The van der Waals surface area contributed by atoms with E-state index in [2.05, 4.69) is 27.1 Å².